The fraction of sp³-hybridized carbons (Fsp3) is 0.458. The summed E-state index contributed by atoms with van der Waals surface area (Å²) in [6.07, 6.45) is 5.85. The van der Waals surface area contributed by atoms with E-state index in [0.717, 1.165) is 63.6 Å². The van der Waals surface area contributed by atoms with E-state index in [0.29, 0.717) is 34.8 Å². The molecular weight excluding hydrogens is 409 g/mol. The monoisotopic (exact) mass is 437 g/mol. The van der Waals surface area contributed by atoms with Crippen LogP contribution in [-0.4, -0.2) is 59.7 Å². The summed E-state index contributed by atoms with van der Waals surface area (Å²) in [5, 5.41) is 3.55. The second-order valence-corrected chi connectivity index (χ2v) is 8.52. The van der Waals surface area contributed by atoms with E-state index >= 15 is 0 Å². The Bertz CT molecular complexity index is 1110. The summed E-state index contributed by atoms with van der Waals surface area (Å²) in [4.78, 5) is 15.5. The molecule has 1 N–H and O–H groups in total. The number of ether oxygens (including phenoxy) is 2. The highest BCUT2D eigenvalue weighted by Gasteiger charge is 2.23. The molecule has 1 saturated heterocycles. The molecule has 5 rings (SSSR count). The number of halogens is 1. The van der Waals surface area contributed by atoms with Crippen molar-refractivity contribution in [2.75, 3.05) is 39.9 Å². The molecule has 2 aliphatic rings. The molecule has 0 spiro atoms. The summed E-state index contributed by atoms with van der Waals surface area (Å²) in [5.41, 5.74) is 4.22. The number of hydrogen-bond acceptors (Lipinski definition) is 7. The van der Waals surface area contributed by atoms with E-state index in [4.69, 9.17) is 9.47 Å². The summed E-state index contributed by atoms with van der Waals surface area (Å²) in [5.74, 6) is 1.68. The average Bonchev–Trinajstić information content (AvgIpc) is 3.47. The van der Waals surface area contributed by atoms with E-state index in [9.17, 15) is 4.39 Å². The van der Waals surface area contributed by atoms with E-state index in [2.05, 4.69) is 31.2 Å². The van der Waals surface area contributed by atoms with Crippen LogP contribution in [0.5, 0.6) is 11.6 Å². The minimum atomic E-state index is -0.303. The highest BCUT2D eigenvalue weighted by molar-refractivity contribution is 5.78. The zero-order valence-electron chi connectivity index (χ0n) is 18.3. The third-order valence-electron chi connectivity index (χ3n) is 6.37. The Labute approximate surface area is 187 Å². The molecule has 1 atom stereocenters. The van der Waals surface area contributed by atoms with Crippen molar-refractivity contribution >= 4 is 11.0 Å². The molecule has 0 aliphatic carbocycles. The normalized spacial score (nSPS) is 18.1. The van der Waals surface area contributed by atoms with Crippen LogP contribution in [0.2, 0.25) is 0 Å². The van der Waals surface area contributed by atoms with Crippen molar-refractivity contribution in [2.24, 2.45) is 5.92 Å². The van der Waals surface area contributed by atoms with Crippen LogP contribution in [0.4, 0.5) is 4.39 Å². The number of methoxy groups -OCH3 is 1. The molecule has 1 fully saturated rings. The molecule has 0 bridgehead atoms. The summed E-state index contributed by atoms with van der Waals surface area (Å²) in [6.45, 7) is 5.33. The Balaban J connectivity index is 1.13. The summed E-state index contributed by atoms with van der Waals surface area (Å²) < 4.78 is 25.3. The van der Waals surface area contributed by atoms with Crippen molar-refractivity contribution in [3.63, 3.8) is 0 Å². The molecule has 0 saturated carbocycles. The molecular formula is C24H28FN5O2. The van der Waals surface area contributed by atoms with Crippen molar-refractivity contribution in [3.05, 3.63) is 53.2 Å². The van der Waals surface area contributed by atoms with Gasteiger partial charge in [0.1, 0.15) is 11.6 Å². The number of likely N-dealkylation sites (tertiary alicyclic amines) is 1. The maximum atomic E-state index is 14.5. The molecule has 0 amide bonds. The van der Waals surface area contributed by atoms with Gasteiger partial charge >= 0.3 is 0 Å². The van der Waals surface area contributed by atoms with Gasteiger partial charge < -0.3 is 19.7 Å². The SMILES string of the molecule is COc1ccc2ncc(F)c(CCN3CC[C@@H](CNCc4cc5c(cn4)OCC5)C3)c2n1. The van der Waals surface area contributed by atoms with Crippen molar-refractivity contribution in [1.82, 2.24) is 25.2 Å². The van der Waals surface area contributed by atoms with Crippen LogP contribution in [0.1, 0.15) is 23.2 Å². The number of hydrogen-bond donors (Lipinski definition) is 1. The van der Waals surface area contributed by atoms with Gasteiger partial charge in [-0.1, -0.05) is 0 Å². The van der Waals surface area contributed by atoms with Crippen molar-refractivity contribution in [3.8, 4) is 11.6 Å². The second-order valence-electron chi connectivity index (χ2n) is 8.52. The number of aromatic nitrogens is 3. The van der Waals surface area contributed by atoms with Gasteiger partial charge in [0.2, 0.25) is 5.88 Å². The second kappa shape index (κ2) is 9.34. The smallest absolute Gasteiger partial charge is 0.213 e. The van der Waals surface area contributed by atoms with Gasteiger partial charge in [0.15, 0.2) is 0 Å². The van der Waals surface area contributed by atoms with E-state index < -0.39 is 0 Å². The first kappa shape index (κ1) is 21.0. The third-order valence-corrected chi connectivity index (χ3v) is 6.37. The van der Waals surface area contributed by atoms with Crippen LogP contribution < -0.4 is 14.8 Å². The lowest BCUT2D eigenvalue weighted by molar-refractivity contribution is 0.324. The fourth-order valence-corrected chi connectivity index (χ4v) is 4.61. The maximum absolute atomic E-state index is 14.5. The molecule has 0 radical (unpaired) electrons. The molecule has 0 aromatic carbocycles. The Morgan fingerprint density at radius 1 is 1.28 bits per heavy atom. The molecule has 3 aromatic heterocycles. The van der Waals surface area contributed by atoms with Crippen LogP contribution in [0.25, 0.3) is 11.0 Å². The van der Waals surface area contributed by atoms with Gasteiger partial charge in [-0.05, 0) is 44.0 Å². The first-order chi connectivity index (χ1) is 15.7. The maximum Gasteiger partial charge on any atom is 0.213 e. The average molecular weight is 438 g/mol. The van der Waals surface area contributed by atoms with E-state index in [1.165, 1.54) is 11.8 Å². The van der Waals surface area contributed by atoms with E-state index in [-0.39, 0.29) is 5.82 Å². The Kier molecular flexibility index (Phi) is 6.14. The quantitative estimate of drug-likeness (QED) is 0.581. The number of rotatable bonds is 8. The molecule has 8 heteroatoms. The van der Waals surface area contributed by atoms with Gasteiger partial charge in [0.05, 0.1) is 42.8 Å². The van der Waals surface area contributed by atoms with E-state index in [1.54, 1.807) is 13.2 Å². The summed E-state index contributed by atoms with van der Waals surface area (Å²) >= 11 is 0. The molecule has 7 nitrogen and oxygen atoms in total. The molecule has 5 heterocycles. The lowest BCUT2D eigenvalue weighted by Crippen LogP contribution is -2.28. The minimum absolute atomic E-state index is 0.303. The van der Waals surface area contributed by atoms with Gasteiger partial charge in [-0.2, -0.15) is 0 Å². The van der Waals surface area contributed by atoms with Gasteiger partial charge in [-0.3, -0.25) is 9.97 Å². The van der Waals surface area contributed by atoms with Crippen molar-refractivity contribution < 1.29 is 13.9 Å². The standard InChI is InChI=1S/C24H28FN5O2/c1-31-23-3-2-21-24(29-23)19(20(25)13-28-21)5-8-30-7-4-16(15-30)11-26-12-18-10-17-6-9-32-22(17)14-27-18/h2-3,10,13-14,16,26H,4-9,11-12,15H2,1H3/t16-/m0/s1. The van der Waals surface area contributed by atoms with Gasteiger partial charge in [0, 0.05) is 43.2 Å². The largest absolute Gasteiger partial charge is 0.491 e. The summed E-state index contributed by atoms with van der Waals surface area (Å²) in [6, 6.07) is 5.72. The van der Waals surface area contributed by atoms with Crippen LogP contribution >= 0.6 is 0 Å². The first-order valence-corrected chi connectivity index (χ1v) is 11.2. The fourth-order valence-electron chi connectivity index (χ4n) is 4.61. The third kappa shape index (κ3) is 4.52. The first-order valence-electron chi connectivity index (χ1n) is 11.2. The topological polar surface area (TPSA) is 72.4 Å². The van der Waals surface area contributed by atoms with Crippen LogP contribution in [-0.2, 0) is 19.4 Å². The molecule has 0 unspecified atom stereocenters. The lowest BCUT2D eigenvalue weighted by atomic mass is 10.1. The molecule has 3 aromatic rings. The number of nitrogens with one attached hydrogen (secondary N) is 1. The van der Waals surface area contributed by atoms with Crippen LogP contribution in [0.15, 0.2) is 30.6 Å². The zero-order chi connectivity index (χ0) is 21.9. The number of nitrogens with zero attached hydrogens (tertiary/aromatic N) is 4. The van der Waals surface area contributed by atoms with E-state index in [1.807, 2.05) is 12.3 Å². The Hall–Kier alpha value is -2.84. The van der Waals surface area contributed by atoms with Gasteiger partial charge in [-0.15, -0.1) is 0 Å². The highest BCUT2D eigenvalue weighted by atomic mass is 19.1. The lowest BCUT2D eigenvalue weighted by Gasteiger charge is -2.17. The van der Waals surface area contributed by atoms with Crippen LogP contribution in [0, 0.1) is 11.7 Å². The number of pyridine rings is 3. The predicted molar refractivity (Wildman–Crippen MR) is 119 cm³/mol. The Morgan fingerprint density at radius 3 is 3.12 bits per heavy atom. The highest BCUT2D eigenvalue weighted by Crippen LogP contribution is 2.25. The van der Waals surface area contributed by atoms with Gasteiger partial charge in [0.25, 0.3) is 0 Å². The molecule has 32 heavy (non-hydrogen) atoms. The Morgan fingerprint density at radius 2 is 2.22 bits per heavy atom. The molecule has 168 valence electrons. The van der Waals surface area contributed by atoms with Crippen LogP contribution in [0.3, 0.4) is 0 Å². The predicted octanol–water partition coefficient (Wildman–Crippen LogP) is 2.76. The van der Waals surface area contributed by atoms with Crippen molar-refractivity contribution in [2.45, 2.75) is 25.8 Å². The number of fused-ring (bicyclic) bond motifs is 2. The molecule has 2 aliphatic heterocycles. The zero-order valence-corrected chi connectivity index (χ0v) is 18.3. The minimum Gasteiger partial charge on any atom is -0.491 e. The van der Waals surface area contributed by atoms with Crippen molar-refractivity contribution in [1.29, 1.82) is 0 Å². The summed E-state index contributed by atoms with van der Waals surface area (Å²) in [7, 11) is 1.56. The van der Waals surface area contributed by atoms with Gasteiger partial charge in [-0.25, -0.2) is 9.37 Å².